The summed E-state index contributed by atoms with van der Waals surface area (Å²) in [6.45, 7) is 5.30. The first kappa shape index (κ1) is 28.3. The van der Waals surface area contributed by atoms with Gasteiger partial charge in [0.15, 0.2) is 0 Å². The van der Waals surface area contributed by atoms with Crippen molar-refractivity contribution >= 4 is 5.97 Å². The van der Waals surface area contributed by atoms with Crippen LogP contribution >= 0.6 is 0 Å². The van der Waals surface area contributed by atoms with Gasteiger partial charge in [-0.1, -0.05) is 96.6 Å². The van der Waals surface area contributed by atoms with Crippen LogP contribution in [0.5, 0.6) is 11.5 Å². The summed E-state index contributed by atoms with van der Waals surface area (Å²) >= 11 is 0. The topological polar surface area (TPSA) is 35.5 Å². The molecule has 0 saturated heterocycles. The highest BCUT2D eigenvalue weighted by molar-refractivity contribution is 5.91. The molecule has 0 bridgehead atoms. The van der Waals surface area contributed by atoms with Crippen molar-refractivity contribution in [2.75, 3.05) is 6.61 Å². The Labute approximate surface area is 220 Å². The minimum Gasteiger partial charge on any atom is -0.494 e. The van der Waals surface area contributed by atoms with E-state index < -0.39 is 0 Å². The normalized spacial score (nSPS) is 17.6. The van der Waals surface area contributed by atoms with E-state index in [1.807, 2.05) is 24.3 Å². The highest BCUT2D eigenvalue weighted by Crippen LogP contribution is 2.36. The van der Waals surface area contributed by atoms with Crippen LogP contribution < -0.4 is 9.47 Å². The van der Waals surface area contributed by atoms with Crippen molar-refractivity contribution in [3.05, 3.63) is 59.7 Å². The van der Waals surface area contributed by atoms with Gasteiger partial charge in [0.25, 0.3) is 0 Å². The Balaban J connectivity index is 1.35. The van der Waals surface area contributed by atoms with Gasteiger partial charge in [-0.15, -0.1) is 0 Å². The number of rotatable bonds is 16. The summed E-state index contributed by atoms with van der Waals surface area (Å²) in [5, 5.41) is 0. The number of benzene rings is 2. The summed E-state index contributed by atoms with van der Waals surface area (Å²) in [7, 11) is 0. The zero-order valence-corrected chi connectivity index (χ0v) is 22.8. The Morgan fingerprint density at radius 2 is 1.36 bits per heavy atom. The average molecular weight is 493 g/mol. The zero-order chi connectivity index (χ0) is 25.4. The number of hydrogen-bond donors (Lipinski definition) is 0. The molecule has 0 aromatic heterocycles. The van der Waals surface area contributed by atoms with E-state index in [1.165, 1.54) is 89.0 Å². The van der Waals surface area contributed by atoms with Crippen molar-refractivity contribution in [2.24, 2.45) is 11.8 Å². The molecule has 1 aliphatic rings. The quantitative estimate of drug-likeness (QED) is 0.133. The largest absolute Gasteiger partial charge is 0.494 e. The predicted molar refractivity (Wildman–Crippen MR) is 150 cm³/mol. The minimum atomic E-state index is -0.329. The van der Waals surface area contributed by atoms with Gasteiger partial charge in [0.1, 0.15) is 11.5 Å². The Morgan fingerprint density at radius 3 is 2.06 bits per heavy atom. The second-order valence-corrected chi connectivity index (χ2v) is 10.7. The van der Waals surface area contributed by atoms with Crippen molar-refractivity contribution < 1.29 is 14.3 Å². The number of aryl methyl sites for hydroxylation is 1. The maximum Gasteiger partial charge on any atom is 0.343 e. The molecule has 198 valence electrons. The van der Waals surface area contributed by atoms with Gasteiger partial charge in [0.05, 0.1) is 12.2 Å². The molecule has 2 unspecified atom stereocenters. The first-order valence-electron chi connectivity index (χ1n) is 14.7. The SMILES string of the molecule is CCCCCCCCc1ccc(OC(=O)c2ccc(OCCCC3CCCCC3CCC)cc2)cc1. The van der Waals surface area contributed by atoms with Crippen LogP contribution in [0.1, 0.15) is 120 Å². The molecule has 0 amide bonds. The van der Waals surface area contributed by atoms with E-state index in [0.717, 1.165) is 37.0 Å². The van der Waals surface area contributed by atoms with Crippen molar-refractivity contribution in [3.8, 4) is 11.5 Å². The maximum absolute atomic E-state index is 12.6. The molecule has 1 fully saturated rings. The highest BCUT2D eigenvalue weighted by Gasteiger charge is 2.23. The summed E-state index contributed by atoms with van der Waals surface area (Å²) in [6.07, 6.45) is 19.6. The first-order chi connectivity index (χ1) is 17.7. The van der Waals surface area contributed by atoms with E-state index >= 15 is 0 Å². The predicted octanol–water partition coefficient (Wildman–Crippen LogP) is 9.57. The molecular weight excluding hydrogens is 444 g/mol. The van der Waals surface area contributed by atoms with E-state index in [1.54, 1.807) is 12.1 Å². The Morgan fingerprint density at radius 1 is 0.722 bits per heavy atom. The molecular formula is C33H48O3. The van der Waals surface area contributed by atoms with Crippen LogP contribution in [0, 0.1) is 11.8 Å². The maximum atomic E-state index is 12.6. The van der Waals surface area contributed by atoms with Gasteiger partial charge in [-0.25, -0.2) is 4.79 Å². The number of unbranched alkanes of at least 4 members (excludes halogenated alkanes) is 5. The van der Waals surface area contributed by atoms with Crippen molar-refractivity contribution in [2.45, 2.75) is 110 Å². The third kappa shape index (κ3) is 9.99. The minimum absolute atomic E-state index is 0.329. The van der Waals surface area contributed by atoms with Crippen LogP contribution in [0.25, 0.3) is 0 Å². The molecule has 0 N–H and O–H groups in total. The summed E-state index contributed by atoms with van der Waals surface area (Å²) in [5.41, 5.74) is 1.85. The Hall–Kier alpha value is -2.29. The summed E-state index contributed by atoms with van der Waals surface area (Å²) < 4.78 is 11.5. The summed E-state index contributed by atoms with van der Waals surface area (Å²) in [6, 6.07) is 15.3. The van der Waals surface area contributed by atoms with Gasteiger partial charge in [-0.2, -0.15) is 0 Å². The number of ether oxygens (including phenoxy) is 2. The molecule has 3 rings (SSSR count). The van der Waals surface area contributed by atoms with E-state index in [9.17, 15) is 4.79 Å². The number of hydrogen-bond acceptors (Lipinski definition) is 3. The number of carbonyl (C=O) groups excluding carboxylic acids is 1. The summed E-state index contributed by atoms with van der Waals surface area (Å²) in [4.78, 5) is 12.6. The van der Waals surface area contributed by atoms with Crippen molar-refractivity contribution in [1.82, 2.24) is 0 Å². The van der Waals surface area contributed by atoms with Crippen LogP contribution in [0.2, 0.25) is 0 Å². The molecule has 1 aliphatic carbocycles. The standard InChI is InChI=1S/C33H48O3/c1-3-5-6-7-8-9-14-27-18-22-32(23-19-27)36-33(34)30-20-24-31(25-21-30)35-26-12-17-29-16-11-10-15-28(29)13-4-2/h18-25,28-29H,3-17,26H2,1-2H3. The van der Waals surface area contributed by atoms with Crippen LogP contribution in [0.15, 0.2) is 48.5 Å². The van der Waals surface area contributed by atoms with E-state index in [4.69, 9.17) is 9.47 Å². The zero-order valence-electron chi connectivity index (χ0n) is 22.8. The fraction of sp³-hybridized carbons (Fsp3) is 0.606. The molecule has 2 atom stereocenters. The lowest BCUT2D eigenvalue weighted by Gasteiger charge is -2.31. The first-order valence-corrected chi connectivity index (χ1v) is 14.7. The van der Waals surface area contributed by atoms with Crippen LogP contribution in [-0.4, -0.2) is 12.6 Å². The average Bonchev–Trinajstić information content (AvgIpc) is 2.91. The Kier molecular flexibility index (Phi) is 12.9. The monoisotopic (exact) mass is 492 g/mol. The Bertz CT molecular complexity index is 854. The van der Waals surface area contributed by atoms with Gasteiger partial charge in [0.2, 0.25) is 0 Å². The highest BCUT2D eigenvalue weighted by atomic mass is 16.5. The van der Waals surface area contributed by atoms with Crippen LogP contribution in [-0.2, 0) is 6.42 Å². The third-order valence-corrected chi connectivity index (χ3v) is 7.76. The molecule has 0 radical (unpaired) electrons. The lowest BCUT2D eigenvalue weighted by Crippen LogP contribution is -2.20. The molecule has 2 aromatic carbocycles. The smallest absolute Gasteiger partial charge is 0.343 e. The molecule has 0 spiro atoms. The van der Waals surface area contributed by atoms with Gasteiger partial charge in [0, 0.05) is 0 Å². The molecule has 0 aliphatic heterocycles. The summed E-state index contributed by atoms with van der Waals surface area (Å²) in [5.74, 6) is 2.88. The van der Waals surface area contributed by atoms with E-state index in [-0.39, 0.29) is 5.97 Å². The van der Waals surface area contributed by atoms with Crippen molar-refractivity contribution in [3.63, 3.8) is 0 Å². The number of esters is 1. The molecule has 0 heterocycles. The fourth-order valence-corrected chi connectivity index (χ4v) is 5.64. The van der Waals surface area contributed by atoms with Gasteiger partial charge in [-0.3, -0.25) is 0 Å². The second kappa shape index (κ2) is 16.5. The van der Waals surface area contributed by atoms with Crippen LogP contribution in [0.3, 0.4) is 0 Å². The van der Waals surface area contributed by atoms with Gasteiger partial charge >= 0.3 is 5.97 Å². The molecule has 3 nitrogen and oxygen atoms in total. The lowest BCUT2D eigenvalue weighted by atomic mass is 9.75. The van der Waals surface area contributed by atoms with E-state index in [0.29, 0.717) is 11.3 Å². The lowest BCUT2D eigenvalue weighted by molar-refractivity contribution is 0.0734. The third-order valence-electron chi connectivity index (χ3n) is 7.76. The van der Waals surface area contributed by atoms with Gasteiger partial charge < -0.3 is 9.47 Å². The molecule has 1 saturated carbocycles. The van der Waals surface area contributed by atoms with Crippen LogP contribution in [0.4, 0.5) is 0 Å². The van der Waals surface area contributed by atoms with E-state index in [2.05, 4.69) is 26.0 Å². The molecule has 36 heavy (non-hydrogen) atoms. The molecule has 3 heteroatoms. The fourth-order valence-electron chi connectivity index (χ4n) is 5.64. The second-order valence-electron chi connectivity index (χ2n) is 10.7. The van der Waals surface area contributed by atoms with Crippen molar-refractivity contribution in [1.29, 1.82) is 0 Å². The van der Waals surface area contributed by atoms with Gasteiger partial charge in [-0.05, 0) is 79.5 Å². The molecule has 2 aromatic rings. The number of carbonyl (C=O) groups is 1.